The highest BCUT2D eigenvalue weighted by molar-refractivity contribution is 7.99. The third-order valence-electron chi connectivity index (χ3n) is 2.32. The monoisotopic (exact) mass is 299 g/mol. The second kappa shape index (κ2) is 7.59. The molecule has 8 heteroatoms. The van der Waals surface area contributed by atoms with Gasteiger partial charge in [0.1, 0.15) is 11.5 Å². The van der Waals surface area contributed by atoms with E-state index < -0.39 is 11.8 Å². The van der Waals surface area contributed by atoms with Gasteiger partial charge in [0, 0.05) is 12.2 Å². The molecule has 0 spiro atoms. The lowest BCUT2D eigenvalue weighted by molar-refractivity contribution is -0.121. The van der Waals surface area contributed by atoms with E-state index in [4.69, 9.17) is 10.2 Å². The molecule has 0 fully saturated rings. The second-order valence-electron chi connectivity index (χ2n) is 4.10. The largest absolute Gasteiger partial charge is 0.466 e. The number of furan rings is 1. The quantitative estimate of drug-likeness (QED) is 0.515. The molecule has 0 aliphatic carbocycles. The van der Waals surface area contributed by atoms with E-state index in [1.165, 1.54) is 11.8 Å². The van der Waals surface area contributed by atoms with Crippen molar-refractivity contribution in [3.05, 3.63) is 23.2 Å². The van der Waals surface area contributed by atoms with Crippen LogP contribution in [0, 0.1) is 13.8 Å². The van der Waals surface area contributed by atoms with Crippen LogP contribution in [0.2, 0.25) is 0 Å². The molecule has 1 aromatic heterocycles. The van der Waals surface area contributed by atoms with Crippen LogP contribution in [0.25, 0.3) is 0 Å². The Labute approximate surface area is 120 Å². The van der Waals surface area contributed by atoms with E-state index in [1.54, 1.807) is 19.9 Å². The molecule has 20 heavy (non-hydrogen) atoms. The Hall–Kier alpha value is -1.96. The van der Waals surface area contributed by atoms with Crippen molar-refractivity contribution in [3.8, 4) is 0 Å². The molecule has 0 saturated heterocycles. The van der Waals surface area contributed by atoms with Crippen LogP contribution in [0.4, 0.5) is 0 Å². The Kier molecular flexibility index (Phi) is 6.10. The van der Waals surface area contributed by atoms with E-state index in [-0.39, 0.29) is 18.1 Å². The van der Waals surface area contributed by atoms with Crippen LogP contribution in [0.5, 0.6) is 0 Å². The van der Waals surface area contributed by atoms with Crippen molar-refractivity contribution < 1.29 is 18.8 Å². The van der Waals surface area contributed by atoms with Gasteiger partial charge >= 0.3 is 0 Å². The predicted octanol–water partition coefficient (Wildman–Crippen LogP) is 0.266. The molecule has 0 saturated carbocycles. The lowest BCUT2D eigenvalue weighted by Gasteiger charge is -2.06. The molecule has 1 rings (SSSR count). The maximum Gasteiger partial charge on any atom is 0.273 e. The minimum Gasteiger partial charge on any atom is -0.466 e. The van der Waals surface area contributed by atoms with Gasteiger partial charge in [-0.05, 0) is 19.9 Å². The van der Waals surface area contributed by atoms with E-state index in [0.29, 0.717) is 22.8 Å². The Morgan fingerprint density at radius 3 is 2.55 bits per heavy atom. The van der Waals surface area contributed by atoms with E-state index in [2.05, 4.69) is 10.9 Å². The molecule has 0 aromatic carbocycles. The summed E-state index contributed by atoms with van der Waals surface area (Å²) in [6, 6.07) is 1.60. The fraction of sp³-hybridized carbons (Fsp3) is 0.417. The van der Waals surface area contributed by atoms with Crippen LogP contribution >= 0.6 is 11.8 Å². The van der Waals surface area contributed by atoms with Crippen molar-refractivity contribution in [1.29, 1.82) is 0 Å². The number of hydrogen-bond acceptors (Lipinski definition) is 5. The minimum absolute atomic E-state index is 0.174. The van der Waals surface area contributed by atoms with Crippen molar-refractivity contribution in [2.45, 2.75) is 20.3 Å². The highest BCUT2D eigenvalue weighted by Crippen LogP contribution is 2.12. The third kappa shape index (κ3) is 5.35. The number of aryl methyl sites for hydroxylation is 2. The summed E-state index contributed by atoms with van der Waals surface area (Å²) in [4.78, 5) is 33.7. The SMILES string of the molecule is Cc1cc(C(=O)NNC(=O)CCSCC(N)=O)c(C)o1. The van der Waals surface area contributed by atoms with Crippen LogP contribution in [0.1, 0.15) is 28.3 Å². The van der Waals surface area contributed by atoms with E-state index in [1.807, 2.05) is 0 Å². The highest BCUT2D eigenvalue weighted by Gasteiger charge is 2.13. The molecule has 7 nitrogen and oxygen atoms in total. The van der Waals surface area contributed by atoms with E-state index in [0.717, 1.165) is 0 Å². The zero-order chi connectivity index (χ0) is 15.1. The van der Waals surface area contributed by atoms with Gasteiger partial charge in [-0.2, -0.15) is 11.8 Å². The summed E-state index contributed by atoms with van der Waals surface area (Å²) in [5.41, 5.74) is 9.94. The number of nitrogens with two attached hydrogens (primary N) is 1. The molecule has 1 heterocycles. The first-order chi connectivity index (χ1) is 9.40. The number of hydrogen-bond donors (Lipinski definition) is 3. The number of hydrazine groups is 1. The van der Waals surface area contributed by atoms with Gasteiger partial charge < -0.3 is 10.2 Å². The molecule has 0 radical (unpaired) electrons. The first kappa shape index (κ1) is 16.1. The third-order valence-corrected chi connectivity index (χ3v) is 3.30. The number of carbonyl (C=O) groups is 3. The summed E-state index contributed by atoms with van der Waals surface area (Å²) in [7, 11) is 0. The first-order valence-corrected chi connectivity index (χ1v) is 7.08. The van der Waals surface area contributed by atoms with Crippen LogP contribution in [0.15, 0.2) is 10.5 Å². The maximum absolute atomic E-state index is 11.8. The minimum atomic E-state index is -0.433. The van der Waals surface area contributed by atoms with E-state index in [9.17, 15) is 14.4 Å². The summed E-state index contributed by atoms with van der Waals surface area (Å²) >= 11 is 1.26. The molecule has 1 aromatic rings. The molecule has 0 aliphatic rings. The summed E-state index contributed by atoms with van der Waals surface area (Å²) in [5, 5.41) is 0. The van der Waals surface area contributed by atoms with Crippen LogP contribution in [0.3, 0.4) is 0 Å². The van der Waals surface area contributed by atoms with Gasteiger partial charge in [-0.15, -0.1) is 0 Å². The molecule has 4 N–H and O–H groups in total. The molecule has 0 aliphatic heterocycles. The van der Waals surface area contributed by atoms with Gasteiger partial charge in [0.25, 0.3) is 5.91 Å². The van der Waals surface area contributed by atoms with Gasteiger partial charge in [0.2, 0.25) is 11.8 Å². The number of thioether (sulfide) groups is 1. The number of carbonyl (C=O) groups excluding carboxylic acids is 3. The van der Waals surface area contributed by atoms with Crippen molar-refractivity contribution in [3.63, 3.8) is 0 Å². The predicted molar refractivity (Wildman–Crippen MR) is 74.9 cm³/mol. The van der Waals surface area contributed by atoms with E-state index >= 15 is 0 Å². The summed E-state index contributed by atoms with van der Waals surface area (Å²) in [6.45, 7) is 3.41. The van der Waals surface area contributed by atoms with Crippen LogP contribution in [-0.4, -0.2) is 29.2 Å². The zero-order valence-electron chi connectivity index (χ0n) is 11.3. The van der Waals surface area contributed by atoms with Crippen molar-refractivity contribution >= 4 is 29.5 Å². The summed E-state index contributed by atoms with van der Waals surface area (Å²) in [5.74, 6) is 0.551. The van der Waals surface area contributed by atoms with Gasteiger partial charge in [0.15, 0.2) is 0 Å². The molecule has 0 atom stereocenters. The number of primary amides is 1. The smallest absolute Gasteiger partial charge is 0.273 e. The first-order valence-electron chi connectivity index (χ1n) is 5.92. The van der Waals surface area contributed by atoms with Crippen molar-refractivity contribution in [2.24, 2.45) is 5.73 Å². The normalized spacial score (nSPS) is 10.1. The number of nitrogens with one attached hydrogen (secondary N) is 2. The summed E-state index contributed by atoms with van der Waals surface area (Å²) < 4.78 is 5.22. The Morgan fingerprint density at radius 1 is 1.30 bits per heavy atom. The maximum atomic E-state index is 11.8. The number of rotatable bonds is 6. The fourth-order valence-electron chi connectivity index (χ4n) is 1.45. The summed E-state index contributed by atoms with van der Waals surface area (Å²) in [6.07, 6.45) is 0.182. The zero-order valence-corrected chi connectivity index (χ0v) is 12.1. The Morgan fingerprint density at radius 2 is 2.00 bits per heavy atom. The van der Waals surface area contributed by atoms with Gasteiger partial charge in [-0.25, -0.2) is 0 Å². The molecule has 0 unspecified atom stereocenters. The Bertz CT molecular complexity index is 513. The molecular formula is C12H17N3O4S. The fourth-order valence-corrected chi connectivity index (χ4v) is 2.13. The lowest BCUT2D eigenvalue weighted by Crippen LogP contribution is -2.41. The molecule has 3 amide bonds. The van der Waals surface area contributed by atoms with Gasteiger partial charge in [-0.3, -0.25) is 25.2 Å². The molecule has 0 bridgehead atoms. The average molecular weight is 299 g/mol. The topological polar surface area (TPSA) is 114 Å². The Balaban J connectivity index is 2.29. The second-order valence-corrected chi connectivity index (χ2v) is 5.20. The van der Waals surface area contributed by atoms with Gasteiger partial charge in [-0.1, -0.05) is 0 Å². The lowest BCUT2D eigenvalue weighted by atomic mass is 10.2. The van der Waals surface area contributed by atoms with Gasteiger partial charge in [0.05, 0.1) is 11.3 Å². The molecular weight excluding hydrogens is 282 g/mol. The van der Waals surface area contributed by atoms with Crippen LogP contribution in [-0.2, 0) is 9.59 Å². The van der Waals surface area contributed by atoms with Crippen molar-refractivity contribution in [1.82, 2.24) is 10.9 Å². The average Bonchev–Trinajstić information content (AvgIpc) is 2.70. The standard InChI is InChI=1S/C12H17N3O4S/c1-7-5-9(8(2)19-7)12(18)15-14-11(17)3-4-20-6-10(13)16/h5H,3-4,6H2,1-2H3,(H2,13,16)(H,14,17)(H,15,18). The molecule has 110 valence electrons. The highest BCUT2D eigenvalue weighted by atomic mass is 32.2. The van der Waals surface area contributed by atoms with Crippen molar-refractivity contribution in [2.75, 3.05) is 11.5 Å². The van der Waals surface area contributed by atoms with Crippen LogP contribution < -0.4 is 16.6 Å². The number of amides is 3.